The van der Waals surface area contributed by atoms with Crippen LogP contribution in [0, 0.1) is 11.8 Å². The molecule has 0 heterocycles. The molecule has 2 aliphatic rings. The number of nitrogens with one attached hydrogen (secondary N) is 1. The first kappa shape index (κ1) is 11.5. The molecule has 2 fully saturated rings. The van der Waals surface area contributed by atoms with Gasteiger partial charge in [0.25, 0.3) is 0 Å². The van der Waals surface area contributed by atoms with Gasteiger partial charge in [-0.3, -0.25) is 0 Å². The van der Waals surface area contributed by atoms with E-state index in [-0.39, 0.29) is 0 Å². The van der Waals surface area contributed by atoms with E-state index in [0.29, 0.717) is 0 Å². The summed E-state index contributed by atoms with van der Waals surface area (Å²) in [5.74, 6) is 1.89. The summed E-state index contributed by atoms with van der Waals surface area (Å²) in [6.07, 6.45) is 5.69. The summed E-state index contributed by atoms with van der Waals surface area (Å²) in [4.78, 5) is 0. The van der Waals surface area contributed by atoms with Crippen molar-refractivity contribution in [2.45, 2.75) is 38.3 Å². The van der Waals surface area contributed by atoms with E-state index in [1.165, 1.54) is 31.2 Å². The van der Waals surface area contributed by atoms with Crippen LogP contribution in [0.15, 0.2) is 22.7 Å². The Hall–Kier alpha value is -0.540. The van der Waals surface area contributed by atoms with Crippen LogP contribution in [0.5, 0.6) is 0 Å². The van der Waals surface area contributed by atoms with Crippen molar-refractivity contribution in [2.24, 2.45) is 11.8 Å². The quantitative estimate of drug-likeness (QED) is 0.818. The van der Waals surface area contributed by atoms with Gasteiger partial charge >= 0.3 is 0 Å². The van der Waals surface area contributed by atoms with Crippen LogP contribution in [-0.4, -0.2) is 6.04 Å². The van der Waals surface area contributed by atoms with E-state index in [9.17, 15) is 0 Å². The van der Waals surface area contributed by atoms with Crippen LogP contribution < -0.4 is 11.1 Å². The first-order chi connectivity index (χ1) is 8.24. The number of rotatable bonds is 5. The third-order valence-corrected chi connectivity index (χ3v) is 4.63. The van der Waals surface area contributed by atoms with E-state index in [2.05, 4.69) is 27.3 Å². The van der Waals surface area contributed by atoms with Crippen molar-refractivity contribution in [2.75, 3.05) is 5.73 Å². The van der Waals surface area contributed by atoms with Gasteiger partial charge in [0.05, 0.1) is 0 Å². The molecule has 1 aromatic rings. The third-order valence-electron chi connectivity index (χ3n) is 3.86. The Bertz CT molecular complexity index is 399. The SMILES string of the molecule is Nc1ccc(Br)c(CNC(C2CC2)C2CC2)c1. The second-order valence-corrected chi connectivity index (χ2v) is 6.29. The highest BCUT2D eigenvalue weighted by Crippen LogP contribution is 2.44. The Kier molecular flexibility index (Phi) is 3.14. The Morgan fingerprint density at radius 3 is 2.47 bits per heavy atom. The molecule has 0 aliphatic heterocycles. The third kappa shape index (κ3) is 2.83. The first-order valence-corrected chi connectivity index (χ1v) is 7.30. The Morgan fingerprint density at radius 2 is 1.88 bits per heavy atom. The van der Waals surface area contributed by atoms with Gasteiger partial charge in [-0.05, 0) is 61.3 Å². The highest BCUT2D eigenvalue weighted by Gasteiger charge is 2.40. The van der Waals surface area contributed by atoms with Crippen molar-refractivity contribution in [3.63, 3.8) is 0 Å². The monoisotopic (exact) mass is 294 g/mol. The lowest BCUT2D eigenvalue weighted by molar-refractivity contribution is 0.415. The van der Waals surface area contributed by atoms with Gasteiger partial charge in [0.2, 0.25) is 0 Å². The standard InChI is InChI=1S/C14H19BrN2/c15-13-6-5-12(16)7-11(13)8-17-14(9-1-2-9)10-3-4-10/h5-7,9-10,14,17H,1-4,8,16H2. The molecular formula is C14H19BrN2. The molecule has 0 unspecified atom stereocenters. The number of anilines is 1. The molecule has 17 heavy (non-hydrogen) atoms. The lowest BCUT2D eigenvalue weighted by atomic mass is 10.1. The van der Waals surface area contributed by atoms with Crippen molar-refractivity contribution in [1.82, 2.24) is 5.32 Å². The first-order valence-electron chi connectivity index (χ1n) is 6.51. The van der Waals surface area contributed by atoms with E-state index >= 15 is 0 Å². The number of halogens is 1. The number of benzene rings is 1. The second kappa shape index (κ2) is 4.62. The maximum absolute atomic E-state index is 5.83. The minimum absolute atomic E-state index is 0.753. The molecule has 0 bridgehead atoms. The zero-order valence-corrected chi connectivity index (χ0v) is 11.5. The molecule has 0 amide bonds. The van der Waals surface area contributed by atoms with Crippen molar-refractivity contribution < 1.29 is 0 Å². The van der Waals surface area contributed by atoms with Crippen LogP contribution in [0.4, 0.5) is 5.69 Å². The Morgan fingerprint density at radius 1 is 1.24 bits per heavy atom. The Labute approximate surface area is 111 Å². The predicted octanol–water partition coefficient (Wildman–Crippen LogP) is 3.31. The van der Waals surface area contributed by atoms with Crippen molar-refractivity contribution in [1.29, 1.82) is 0 Å². The summed E-state index contributed by atoms with van der Waals surface area (Å²) in [7, 11) is 0. The largest absolute Gasteiger partial charge is 0.399 e. The van der Waals surface area contributed by atoms with Gasteiger partial charge in [-0.2, -0.15) is 0 Å². The summed E-state index contributed by atoms with van der Waals surface area (Å²) in [5, 5.41) is 3.74. The minimum Gasteiger partial charge on any atom is -0.399 e. The molecule has 3 rings (SSSR count). The molecular weight excluding hydrogens is 276 g/mol. The van der Waals surface area contributed by atoms with Crippen LogP contribution in [0.25, 0.3) is 0 Å². The summed E-state index contributed by atoms with van der Waals surface area (Å²) in [6.45, 7) is 0.934. The van der Waals surface area contributed by atoms with Gasteiger partial charge in [-0.1, -0.05) is 15.9 Å². The highest BCUT2D eigenvalue weighted by molar-refractivity contribution is 9.10. The molecule has 1 aromatic carbocycles. The van der Waals surface area contributed by atoms with E-state index < -0.39 is 0 Å². The van der Waals surface area contributed by atoms with Gasteiger partial charge in [-0.25, -0.2) is 0 Å². The maximum atomic E-state index is 5.83. The lowest BCUT2D eigenvalue weighted by Gasteiger charge is -2.18. The molecule has 0 saturated heterocycles. The number of hydrogen-bond acceptors (Lipinski definition) is 2. The summed E-state index contributed by atoms with van der Waals surface area (Å²) >= 11 is 3.59. The second-order valence-electron chi connectivity index (χ2n) is 5.43. The van der Waals surface area contributed by atoms with Crippen LogP contribution in [0.3, 0.4) is 0 Å². The van der Waals surface area contributed by atoms with E-state index in [1.54, 1.807) is 0 Å². The lowest BCUT2D eigenvalue weighted by Crippen LogP contribution is -2.32. The maximum Gasteiger partial charge on any atom is 0.0318 e. The molecule has 2 nitrogen and oxygen atoms in total. The Balaban J connectivity index is 1.63. The van der Waals surface area contributed by atoms with Crippen molar-refractivity contribution in [3.8, 4) is 0 Å². The number of nitrogen functional groups attached to an aromatic ring is 1. The van der Waals surface area contributed by atoms with E-state index in [4.69, 9.17) is 5.73 Å². The van der Waals surface area contributed by atoms with Crippen LogP contribution >= 0.6 is 15.9 Å². The smallest absolute Gasteiger partial charge is 0.0318 e. The highest BCUT2D eigenvalue weighted by atomic mass is 79.9. The summed E-state index contributed by atoms with van der Waals surface area (Å²) < 4.78 is 1.16. The average molecular weight is 295 g/mol. The number of hydrogen-bond donors (Lipinski definition) is 2. The average Bonchev–Trinajstić information content (AvgIpc) is 3.14. The van der Waals surface area contributed by atoms with Gasteiger partial charge in [-0.15, -0.1) is 0 Å². The fourth-order valence-electron chi connectivity index (χ4n) is 2.59. The van der Waals surface area contributed by atoms with Gasteiger partial charge in [0.15, 0.2) is 0 Å². The zero-order chi connectivity index (χ0) is 11.8. The molecule has 0 aromatic heterocycles. The van der Waals surface area contributed by atoms with Crippen molar-refractivity contribution >= 4 is 21.6 Å². The molecule has 3 heteroatoms. The van der Waals surface area contributed by atoms with Crippen molar-refractivity contribution in [3.05, 3.63) is 28.2 Å². The molecule has 92 valence electrons. The molecule has 2 saturated carbocycles. The molecule has 0 atom stereocenters. The van der Waals surface area contributed by atoms with Gasteiger partial charge in [0, 0.05) is 22.7 Å². The topological polar surface area (TPSA) is 38.0 Å². The summed E-state index contributed by atoms with van der Waals surface area (Å²) in [5.41, 5.74) is 7.95. The molecule has 0 radical (unpaired) electrons. The fourth-order valence-corrected chi connectivity index (χ4v) is 2.97. The summed E-state index contributed by atoms with van der Waals surface area (Å²) in [6, 6.07) is 6.79. The van der Waals surface area contributed by atoms with Crippen LogP contribution in [0.1, 0.15) is 31.2 Å². The van der Waals surface area contributed by atoms with E-state index in [0.717, 1.165) is 34.6 Å². The van der Waals surface area contributed by atoms with Gasteiger partial charge < -0.3 is 11.1 Å². The zero-order valence-electron chi connectivity index (χ0n) is 9.95. The van der Waals surface area contributed by atoms with Crippen LogP contribution in [-0.2, 0) is 6.54 Å². The molecule has 2 aliphatic carbocycles. The normalized spacial score (nSPS) is 19.9. The predicted molar refractivity (Wildman–Crippen MR) is 74.6 cm³/mol. The number of nitrogens with two attached hydrogens (primary N) is 1. The molecule has 0 spiro atoms. The van der Waals surface area contributed by atoms with E-state index in [1.807, 2.05) is 12.1 Å². The minimum atomic E-state index is 0.753. The molecule has 3 N–H and O–H groups in total. The fraction of sp³-hybridized carbons (Fsp3) is 0.571. The van der Waals surface area contributed by atoms with Crippen LogP contribution in [0.2, 0.25) is 0 Å². The van der Waals surface area contributed by atoms with Gasteiger partial charge in [0.1, 0.15) is 0 Å².